The molecular formula is C22H22N2O5S3. The first-order chi connectivity index (χ1) is 15.5. The van der Waals surface area contributed by atoms with Crippen molar-refractivity contribution in [3.05, 3.63) is 63.0 Å². The average Bonchev–Trinajstić information content (AvgIpc) is 3.52. The van der Waals surface area contributed by atoms with Gasteiger partial charge in [-0.3, -0.25) is 4.79 Å². The summed E-state index contributed by atoms with van der Waals surface area (Å²) in [4.78, 5) is 15.1. The van der Waals surface area contributed by atoms with Crippen LogP contribution in [-0.2, 0) is 19.6 Å². The van der Waals surface area contributed by atoms with Crippen LogP contribution in [0.15, 0.2) is 58.1 Å². The van der Waals surface area contributed by atoms with Gasteiger partial charge >= 0.3 is 0 Å². The van der Waals surface area contributed by atoms with E-state index in [4.69, 9.17) is 9.47 Å². The van der Waals surface area contributed by atoms with Gasteiger partial charge in [-0.1, -0.05) is 12.1 Å². The van der Waals surface area contributed by atoms with E-state index in [1.54, 1.807) is 6.07 Å². The molecule has 0 saturated carbocycles. The minimum atomic E-state index is -3.71. The summed E-state index contributed by atoms with van der Waals surface area (Å²) >= 11 is 2.99. The lowest BCUT2D eigenvalue weighted by molar-refractivity contribution is -0.111. The maximum absolute atomic E-state index is 13.3. The van der Waals surface area contributed by atoms with Crippen LogP contribution in [0.3, 0.4) is 0 Å². The highest BCUT2D eigenvalue weighted by Crippen LogP contribution is 2.32. The van der Waals surface area contributed by atoms with Gasteiger partial charge in [0.25, 0.3) is 5.91 Å². The van der Waals surface area contributed by atoms with Crippen molar-refractivity contribution < 1.29 is 22.7 Å². The molecule has 2 aromatic heterocycles. The molecule has 1 fully saturated rings. The summed E-state index contributed by atoms with van der Waals surface area (Å²) < 4.78 is 38.2. The SMILES string of the molecule is COc1ccc(S(=O)(=O)N2CCOCC2)cc1NC(=O)/C(=C\c1cccs1)c1cccs1. The fourth-order valence-corrected chi connectivity index (χ4v) is 6.10. The molecule has 7 nitrogen and oxygen atoms in total. The standard InChI is InChI=1S/C22H22N2O5S3/c1-28-20-7-6-17(32(26,27)24-8-10-29-11-9-24)15-19(20)23-22(25)18(21-5-3-13-31-21)14-16-4-2-12-30-16/h2-7,12-15H,8-11H2,1H3,(H,23,25)/b18-14-. The lowest BCUT2D eigenvalue weighted by Gasteiger charge is -2.26. The number of rotatable bonds is 7. The van der Waals surface area contributed by atoms with E-state index >= 15 is 0 Å². The van der Waals surface area contributed by atoms with E-state index in [1.165, 1.54) is 46.2 Å². The van der Waals surface area contributed by atoms with Gasteiger partial charge in [0, 0.05) is 22.8 Å². The molecule has 1 aliphatic heterocycles. The molecule has 3 heterocycles. The van der Waals surface area contributed by atoms with Crippen molar-refractivity contribution in [3.8, 4) is 5.75 Å². The number of thiophene rings is 2. The highest BCUT2D eigenvalue weighted by atomic mass is 32.2. The van der Waals surface area contributed by atoms with Gasteiger partial charge in [0.2, 0.25) is 10.0 Å². The molecule has 10 heteroatoms. The Morgan fingerprint density at radius 1 is 1.12 bits per heavy atom. The third kappa shape index (κ3) is 4.94. The maximum Gasteiger partial charge on any atom is 0.257 e. The number of carbonyl (C=O) groups is 1. The van der Waals surface area contributed by atoms with Crippen LogP contribution in [0.2, 0.25) is 0 Å². The van der Waals surface area contributed by atoms with E-state index in [1.807, 2.05) is 41.1 Å². The molecule has 4 rings (SSSR count). The average molecular weight is 491 g/mol. The molecule has 0 radical (unpaired) electrons. The van der Waals surface area contributed by atoms with Crippen LogP contribution in [0, 0.1) is 0 Å². The van der Waals surface area contributed by atoms with Crippen LogP contribution in [0.1, 0.15) is 9.75 Å². The molecule has 0 bridgehead atoms. The molecule has 0 aliphatic carbocycles. The quantitative estimate of drug-likeness (QED) is 0.506. The van der Waals surface area contributed by atoms with Crippen molar-refractivity contribution in [2.75, 3.05) is 38.7 Å². The number of morpholine rings is 1. The van der Waals surface area contributed by atoms with Crippen molar-refractivity contribution in [3.63, 3.8) is 0 Å². The molecular weight excluding hydrogens is 468 g/mol. The van der Waals surface area contributed by atoms with Crippen LogP contribution >= 0.6 is 22.7 Å². The van der Waals surface area contributed by atoms with E-state index in [0.29, 0.717) is 43.3 Å². The number of sulfonamides is 1. The van der Waals surface area contributed by atoms with Gasteiger partial charge in [-0.05, 0) is 47.2 Å². The predicted octanol–water partition coefficient (Wildman–Crippen LogP) is 4.02. The first-order valence-corrected chi connectivity index (χ1v) is 13.1. The normalized spacial score (nSPS) is 15.5. The Labute approximate surface area is 195 Å². The Hall–Kier alpha value is -2.50. The summed E-state index contributed by atoms with van der Waals surface area (Å²) in [5.74, 6) is 0.0287. The number of ether oxygens (including phenoxy) is 2. The first kappa shape index (κ1) is 22.7. The number of nitrogens with zero attached hydrogens (tertiary/aromatic N) is 1. The number of hydrogen-bond acceptors (Lipinski definition) is 7. The molecule has 0 atom stereocenters. The fourth-order valence-electron chi connectivity index (χ4n) is 3.27. The zero-order valence-electron chi connectivity index (χ0n) is 17.3. The highest BCUT2D eigenvalue weighted by Gasteiger charge is 2.27. The summed E-state index contributed by atoms with van der Waals surface area (Å²) in [6.45, 7) is 1.30. The van der Waals surface area contributed by atoms with Crippen LogP contribution in [0.4, 0.5) is 5.69 Å². The summed E-state index contributed by atoms with van der Waals surface area (Å²) in [6, 6.07) is 12.1. The molecule has 1 N–H and O–H groups in total. The molecule has 1 aliphatic rings. The van der Waals surface area contributed by atoms with Crippen LogP contribution in [-0.4, -0.2) is 52.0 Å². The molecule has 0 unspecified atom stereocenters. The molecule has 32 heavy (non-hydrogen) atoms. The molecule has 0 spiro atoms. The van der Waals surface area contributed by atoms with Gasteiger partial charge in [-0.25, -0.2) is 8.42 Å². The monoisotopic (exact) mass is 490 g/mol. The highest BCUT2D eigenvalue weighted by molar-refractivity contribution is 7.89. The lowest BCUT2D eigenvalue weighted by Crippen LogP contribution is -2.40. The zero-order chi connectivity index (χ0) is 22.6. The van der Waals surface area contributed by atoms with Crippen molar-refractivity contribution >= 4 is 55.9 Å². The van der Waals surface area contributed by atoms with Crippen LogP contribution in [0.25, 0.3) is 11.6 Å². The number of nitrogens with one attached hydrogen (secondary N) is 1. The van der Waals surface area contributed by atoms with Gasteiger partial charge in [-0.15, -0.1) is 22.7 Å². The maximum atomic E-state index is 13.3. The van der Waals surface area contributed by atoms with E-state index < -0.39 is 10.0 Å². The van der Waals surface area contributed by atoms with Gasteiger partial charge in [0.1, 0.15) is 5.75 Å². The Kier molecular flexibility index (Phi) is 7.07. The van der Waals surface area contributed by atoms with E-state index in [2.05, 4.69) is 5.32 Å². The molecule has 1 amide bonds. The number of benzene rings is 1. The minimum Gasteiger partial charge on any atom is -0.495 e. The summed E-state index contributed by atoms with van der Waals surface area (Å²) in [6.07, 6.45) is 1.83. The number of hydrogen-bond donors (Lipinski definition) is 1. The van der Waals surface area contributed by atoms with E-state index in [9.17, 15) is 13.2 Å². The van der Waals surface area contributed by atoms with Crippen molar-refractivity contribution in [2.24, 2.45) is 0 Å². The Morgan fingerprint density at radius 2 is 1.88 bits per heavy atom. The number of carbonyl (C=O) groups excluding carboxylic acids is 1. The number of methoxy groups -OCH3 is 1. The van der Waals surface area contributed by atoms with Gasteiger partial charge in [0.05, 0.1) is 36.5 Å². The fraction of sp³-hybridized carbons (Fsp3) is 0.227. The second-order valence-electron chi connectivity index (χ2n) is 6.88. The molecule has 1 aromatic carbocycles. The van der Waals surface area contributed by atoms with Crippen molar-refractivity contribution in [1.29, 1.82) is 0 Å². The molecule has 3 aromatic rings. The minimum absolute atomic E-state index is 0.0930. The molecule has 168 valence electrons. The second-order valence-corrected chi connectivity index (χ2v) is 10.7. The third-order valence-electron chi connectivity index (χ3n) is 4.89. The van der Waals surface area contributed by atoms with Crippen molar-refractivity contribution in [1.82, 2.24) is 4.31 Å². The molecule has 1 saturated heterocycles. The largest absolute Gasteiger partial charge is 0.495 e. The van der Waals surface area contributed by atoms with Crippen LogP contribution in [0.5, 0.6) is 5.75 Å². The summed E-state index contributed by atoms with van der Waals surface area (Å²) in [7, 11) is -2.24. The van der Waals surface area contributed by atoms with Gasteiger partial charge < -0.3 is 14.8 Å². The van der Waals surface area contributed by atoms with Crippen molar-refractivity contribution in [2.45, 2.75) is 4.90 Å². The Morgan fingerprint density at radius 3 is 2.53 bits per heavy atom. The number of amides is 1. The first-order valence-electron chi connectivity index (χ1n) is 9.85. The van der Waals surface area contributed by atoms with Gasteiger partial charge in [0.15, 0.2) is 0 Å². The summed E-state index contributed by atoms with van der Waals surface area (Å²) in [5.41, 5.74) is 0.784. The van der Waals surface area contributed by atoms with Gasteiger partial charge in [-0.2, -0.15) is 4.31 Å². The van der Waals surface area contributed by atoms with Crippen LogP contribution < -0.4 is 10.1 Å². The second kappa shape index (κ2) is 9.97. The number of anilines is 1. The van der Waals surface area contributed by atoms with E-state index in [-0.39, 0.29) is 10.8 Å². The van der Waals surface area contributed by atoms with E-state index in [0.717, 1.165) is 9.75 Å². The topological polar surface area (TPSA) is 84.9 Å². The third-order valence-corrected chi connectivity index (χ3v) is 8.51. The predicted molar refractivity (Wildman–Crippen MR) is 128 cm³/mol. The smallest absolute Gasteiger partial charge is 0.257 e. The zero-order valence-corrected chi connectivity index (χ0v) is 19.8. The lowest BCUT2D eigenvalue weighted by atomic mass is 10.1. The Balaban J connectivity index is 1.66. The Bertz CT molecular complexity index is 1200. The summed E-state index contributed by atoms with van der Waals surface area (Å²) in [5, 5.41) is 6.70.